The van der Waals surface area contributed by atoms with Crippen LogP contribution in [0.4, 0.5) is 5.69 Å². The number of carbonyl (C=O) groups excluding carboxylic acids is 1. The van der Waals surface area contributed by atoms with Crippen LogP contribution >= 0.6 is 23.2 Å². The first-order valence-electron chi connectivity index (χ1n) is 10.1. The van der Waals surface area contributed by atoms with Crippen molar-refractivity contribution in [3.8, 4) is 17.6 Å². The van der Waals surface area contributed by atoms with Gasteiger partial charge in [0.05, 0.1) is 7.11 Å². The van der Waals surface area contributed by atoms with E-state index in [1.54, 1.807) is 36.4 Å². The molecule has 0 aliphatic carbocycles. The number of nitrogens with one attached hydrogen (secondary N) is 1. The van der Waals surface area contributed by atoms with Gasteiger partial charge in [0.15, 0.2) is 11.5 Å². The highest BCUT2D eigenvalue weighted by atomic mass is 35.5. The lowest BCUT2D eigenvalue weighted by Crippen LogP contribution is -2.14. The molecule has 1 N–H and O–H groups in total. The van der Waals surface area contributed by atoms with Gasteiger partial charge in [0.2, 0.25) is 0 Å². The van der Waals surface area contributed by atoms with Crippen LogP contribution in [0.1, 0.15) is 22.3 Å². The van der Waals surface area contributed by atoms with Crippen LogP contribution < -0.4 is 14.8 Å². The zero-order chi connectivity index (χ0) is 24.0. The molecule has 3 aromatic carbocycles. The van der Waals surface area contributed by atoms with Crippen LogP contribution in [0.25, 0.3) is 6.08 Å². The molecule has 0 atom stereocenters. The Kier molecular flexibility index (Phi) is 8.00. The quantitative estimate of drug-likeness (QED) is 0.300. The van der Waals surface area contributed by atoms with Gasteiger partial charge >= 0.3 is 0 Å². The van der Waals surface area contributed by atoms with Crippen molar-refractivity contribution in [2.45, 2.75) is 20.5 Å². The third kappa shape index (κ3) is 6.29. The number of halogens is 2. The molecule has 0 bridgehead atoms. The summed E-state index contributed by atoms with van der Waals surface area (Å²) in [6.45, 7) is 4.10. The molecule has 0 heterocycles. The largest absolute Gasteiger partial charge is 0.493 e. The van der Waals surface area contributed by atoms with E-state index in [4.69, 9.17) is 32.7 Å². The van der Waals surface area contributed by atoms with Crippen LogP contribution in [0, 0.1) is 25.2 Å². The molecule has 0 radical (unpaired) electrons. The first kappa shape index (κ1) is 24.2. The maximum absolute atomic E-state index is 12.6. The molecular formula is C26H22Cl2N2O3. The molecule has 1 amide bonds. The van der Waals surface area contributed by atoms with Gasteiger partial charge in [-0.15, -0.1) is 0 Å². The Balaban J connectivity index is 1.77. The van der Waals surface area contributed by atoms with E-state index in [1.807, 2.05) is 38.1 Å². The van der Waals surface area contributed by atoms with Gasteiger partial charge in [0.25, 0.3) is 5.91 Å². The van der Waals surface area contributed by atoms with E-state index in [0.717, 1.165) is 16.7 Å². The summed E-state index contributed by atoms with van der Waals surface area (Å²) in [6.07, 6.45) is 1.50. The Morgan fingerprint density at radius 1 is 1.06 bits per heavy atom. The molecule has 33 heavy (non-hydrogen) atoms. The first-order valence-corrected chi connectivity index (χ1v) is 10.8. The smallest absolute Gasteiger partial charge is 0.266 e. The van der Waals surface area contributed by atoms with Crippen molar-refractivity contribution in [1.29, 1.82) is 5.26 Å². The molecule has 7 heteroatoms. The number of carbonyl (C=O) groups is 1. The molecule has 3 rings (SSSR count). The second kappa shape index (κ2) is 10.9. The van der Waals surface area contributed by atoms with E-state index < -0.39 is 5.91 Å². The molecule has 0 saturated heterocycles. The molecule has 0 aliphatic rings. The molecule has 0 fully saturated rings. The first-order chi connectivity index (χ1) is 15.8. The van der Waals surface area contributed by atoms with Crippen LogP contribution in [0.3, 0.4) is 0 Å². The van der Waals surface area contributed by atoms with Gasteiger partial charge in [0, 0.05) is 21.3 Å². The van der Waals surface area contributed by atoms with Gasteiger partial charge in [-0.05, 0) is 61.4 Å². The van der Waals surface area contributed by atoms with Crippen molar-refractivity contribution in [3.05, 3.63) is 92.5 Å². The molecule has 0 unspecified atom stereocenters. The zero-order valence-corrected chi connectivity index (χ0v) is 19.9. The third-order valence-corrected chi connectivity index (χ3v) is 5.48. The van der Waals surface area contributed by atoms with E-state index >= 15 is 0 Å². The SMILES string of the molecule is COc1cc(/C=C(/C#N)C(=O)Nc2ccc(C)cc2C)ccc1OCc1ccc(Cl)cc1Cl. The molecule has 168 valence electrons. The van der Waals surface area contributed by atoms with E-state index in [0.29, 0.717) is 32.8 Å². The second-order valence-corrected chi connectivity index (χ2v) is 8.22. The second-order valence-electron chi connectivity index (χ2n) is 7.38. The van der Waals surface area contributed by atoms with Crippen molar-refractivity contribution in [3.63, 3.8) is 0 Å². The minimum Gasteiger partial charge on any atom is -0.493 e. The van der Waals surface area contributed by atoms with Gasteiger partial charge in [-0.2, -0.15) is 5.26 Å². The lowest BCUT2D eigenvalue weighted by atomic mass is 10.1. The van der Waals surface area contributed by atoms with Crippen LogP contribution in [0.5, 0.6) is 11.5 Å². The standard InChI is InChI=1S/C26H22Cl2N2O3/c1-16-4-8-23(17(2)10-16)30-26(31)20(14-29)11-18-5-9-24(25(12-18)32-3)33-15-19-6-7-21(27)13-22(19)28/h4-13H,15H2,1-3H3,(H,30,31)/b20-11-. The minimum atomic E-state index is -0.485. The number of aryl methyl sites for hydroxylation is 2. The number of nitrogens with zero attached hydrogens (tertiary/aromatic N) is 1. The summed E-state index contributed by atoms with van der Waals surface area (Å²) >= 11 is 12.1. The summed E-state index contributed by atoms with van der Waals surface area (Å²) in [5.74, 6) is 0.473. The molecule has 5 nitrogen and oxygen atoms in total. The molecule has 0 spiro atoms. The Labute approximate surface area is 203 Å². The van der Waals surface area contributed by atoms with E-state index in [2.05, 4.69) is 5.32 Å². The van der Waals surface area contributed by atoms with Crippen molar-refractivity contribution in [2.24, 2.45) is 0 Å². The number of ether oxygens (including phenoxy) is 2. The van der Waals surface area contributed by atoms with Gasteiger partial charge in [-0.25, -0.2) is 0 Å². The van der Waals surface area contributed by atoms with Gasteiger partial charge in [-0.3, -0.25) is 4.79 Å². The van der Waals surface area contributed by atoms with Crippen LogP contribution in [0.15, 0.2) is 60.2 Å². The van der Waals surface area contributed by atoms with Crippen molar-refractivity contribution < 1.29 is 14.3 Å². The molecular weight excluding hydrogens is 459 g/mol. The number of benzene rings is 3. The Morgan fingerprint density at radius 3 is 2.52 bits per heavy atom. The topological polar surface area (TPSA) is 71.3 Å². The number of nitriles is 1. The summed E-state index contributed by atoms with van der Waals surface area (Å²) in [5.41, 5.74) is 4.05. The number of methoxy groups -OCH3 is 1. The van der Waals surface area contributed by atoms with Crippen molar-refractivity contribution in [1.82, 2.24) is 0 Å². The van der Waals surface area contributed by atoms with Gasteiger partial charge < -0.3 is 14.8 Å². The van der Waals surface area contributed by atoms with Crippen LogP contribution in [-0.2, 0) is 11.4 Å². The lowest BCUT2D eigenvalue weighted by Gasteiger charge is -2.12. The summed E-state index contributed by atoms with van der Waals surface area (Å²) in [7, 11) is 1.52. The van der Waals surface area contributed by atoms with Gasteiger partial charge in [-0.1, -0.05) is 53.0 Å². The normalized spacial score (nSPS) is 11.0. The van der Waals surface area contributed by atoms with E-state index in [1.165, 1.54) is 13.2 Å². The van der Waals surface area contributed by atoms with Crippen LogP contribution in [0.2, 0.25) is 10.0 Å². The van der Waals surface area contributed by atoms with Crippen molar-refractivity contribution >= 4 is 40.9 Å². The van der Waals surface area contributed by atoms with Crippen LogP contribution in [-0.4, -0.2) is 13.0 Å². The lowest BCUT2D eigenvalue weighted by molar-refractivity contribution is -0.112. The number of amides is 1. The predicted octanol–water partition coefficient (Wildman–Crippen LogP) is 6.74. The van der Waals surface area contributed by atoms with Gasteiger partial charge in [0.1, 0.15) is 18.2 Å². The molecule has 0 aromatic heterocycles. The maximum Gasteiger partial charge on any atom is 0.266 e. The number of anilines is 1. The highest BCUT2D eigenvalue weighted by Crippen LogP contribution is 2.31. The molecule has 3 aromatic rings. The summed E-state index contributed by atoms with van der Waals surface area (Å²) < 4.78 is 11.3. The average molecular weight is 481 g/mol. The Bertz CT molecular complexity index is 1260. The summed E-state index contributed by atoms with van der Waals surface area (Å²) in [5, 5.41) is 13.4. The zero-order valence-electron chi connectivity index (χ0n) is 18.4. The van der Waals surface area contributed by atoms with E-state index in [9.17, 15) is 10.1 Å². The average Bonchev–Trinajstić information content (AvgIpc) is 2.79. The predicted molar refractivity (Wildman–Crippen MR) is 132 cm³/mol. The van der Waals surface area contributed by atoms with Crippen molar-refractivity contribution in [2.75, 3.05) is 12.4 Å². The number of rotatable bonds is 7. The Hall–Kier alpha value is -3.46. The fourth-order valence-corrected chi connectivity index (χ4v) is 3.61. The highest BCUT2D eigenvalue weighted by Gasteiger charge is 2.13. The fraction of sp³-hybridized carbons (Fsp3) is 0.154. The fourth-order valence-electron chi connectivity index (χ4n) is 3.15. The highest BCUT2D eigenvalue weighted by molar-refractivity contribution is 6.35. The summed E-state index contributed by atoms with van der Waals surface area (Å²) in [6, 6.07) is 18.0. The van der Waals surface area contributed by atoms with E-state index in [-0.39, 0.29) is 12.2 Å². The number of hydrogen-bond donors (Lipinski definition) is 1. The monoisotopic (exact) mass is 480 g/mol. The molecule has 0 aliphatic heterocycles. The minimum absolute atomic E-state index is 0.0290. The number of hydrogen-bond acceptors (Lipinski definition) is 4. The molecule has 0 saturated carbocycles. The Morgan fingerprint density at radius 2 is 1.85 bits per heavy atom. The maximum atomic E-state index is 12.6. The third-order valence-electron chi connectivity index (χ3n) is 4.89. The summed E-state index contributed by atoms with van der Waals surface area (Å²) in [4.78, 5) is 12.6.